The zero-order valence-corrected chi connectivity index (χ0v) is 14.4. The molecule has 7 heteroatoms. The van der Waals surface area contributed by atoms with Gasteiger partial charge < -0.3 is 10.2 Å². The molecule has 0 bridgehead atoms. The van der Waals surface area contributed by atoms with Crippen LogP contribution in [0, 0.1) is 0 Å². The second-order valence-electron chi connectivity index (χ2n) is 6.31. The third kappa shape index (κ3) is 3.56. The number of anilines is 2. The lowest BCUT2D eigenvalue weighted by Gasteiger charge is -2.20. The van der Waals surface area contributed by atoms with Gasteiger partial charge in [-0.3, -0.25) is 4.79 Å². The van der Waals surface area contributed by atoms with Crippen molar-refractivity contribution in [2.45, 2.75) is 19.4 Å². The van der Waals surface area contributed by atoms with Gasteiger partial charge in [0.15, 0.2) is 5.82 Å². The van der Waals surface area contributed by atoms with Gasteiger partial charge in [0.1, 0.15) is 12.7 Å². The van der Waals surface area contributed by atoms with Gasteiger partial charge in [-0.05, 0) is 42.7 Å². The molecule has 0 atom stereocenters. The van der Waals surface area contributed by atoms with Gasteiger partial charge in [0, 0.05) is 24.8 Å². The largest absolute Gasteiger partial charge is 0.355 e. The van der Waals surface area contributed by atoms with Crippen LogP contribution in [-0.2, 0) is 6.54 Å². The molecule has 1 N–H and O–H groups in total. The first-order chi connectivity index (χ1) is 12.8. The molecule has 7 nitrogen and oxygen atoms in total. The van der Waals surface area contributed by atoms with Gasteiger partial charge in [-0.15, -0.1) is 0 Å². The summed E-state index contributed by atoms with van der Waals surface area (Å²) in [6.45, 7) is 2.59. The number of nitrogens with one attached hydrogen (secondary N) is 1. The molecule has 132 valence electrons. The minimum atomic E-state index is -0.134. The molecule has 0 unspecified atom stereocenters. The van der Waals surface area contributed by atoms with E-state index in [1.807, 2.05) is 36.4 Å². The molecular formula is C19H20N6O. The monoisotopic (exact) mass is 348 g/mol. The van der Waals surface area contributed by atoms with E-state index in [4.69, 9.17) is 0 Å². The second-order valence-corrected chi connectivity index (χ2v) is 6.31. The molecule has 2 aromatic heterocycles. The molecule has 0 aliphatic carbocycles. The molecule has 1 fully saturated rings. The minimum absolute atomic E-state index is 0.134. The summed E-state index contributed by atoms with van der Waals surface area (Å²) in [5.74, 6) is 0.715. The van der Waals surface area contributed by atoms with Crippen molar-refractivity contribution in [1.82, 2.24) is 19.7 Å². The van der Waals surface area contributed by atoms with Crippen molar-refractivity contribution in [1.29, 1.82) is 0 Å². The van der Waals surface area contributed by atoms with Crippen LogP contribution in [0.25, 0.3) is 0 Å². The van der Waals surface area contributed by atoms with Crippen LogP contribution in [0.15, 0.2) is 55.2 Å². The molecule has 0 saturated carbocycles. The first-order valence-corrected chi connectivity index (χ1v) is 8.72. The Morgan fingerprint density at radius 3 is 2.65 bits per heavy atom. The Hall–Kier alpha value is -3.22. The van der Waals surface area contributed by atoms with Gasteiger partial charge in [0.05, 0.1) is 12.2 Å². The molecule has 26 heavy (non-hydrogen) atoms. The molecule has 3 aromatic rings. The molecule has 3 heterocycles. The summed E-state index contributed by atoms with van der Waals surface area (Å²) in [6, 6.07) is 11.3. The maximum atomic E-state index is 12.6. The van der Waals surface area contributed by atoms with Gasteiger partial charge in [-0.2, -0.15) is 5.10 Å². The number of aromatic nitrogens is 4. The standard InChI is InChI=1S/C19H20N6O/c26-19(16-7-5-15(6-8-16)12-25-14-20-13-22-25)23-17-4-3-9-21-18(17)24-10-1-2-11-24/h3-9,13-14H,1-2,10-12H2,(H,23,26). The average molecular weight is 348 g/mol. The van der Waals surface area contributed by atoms with Crippen LogP contribution >= 0.6 is 0 Å². The zero-order chi connectivity index (χ0) is 17.8. The normalized spacial score (nSPS) is 13.8. The average Bonchev–Trinajstić information content (AvgIpc) is 3.37. The number of pyridine rings is 1. The topological polar surface area (TPSA) is 75.9 Å². The molecule has 1 aliphatic rings. The predicted molar refractivity (Wildman–Crippen MR) is 99.2 cm³/mol. The quantitative estimate of drug-likeness (QED) is 0.767. The highest BCUT2D eigenvalue weighted by Crippen LogP contribution is 2.26. The summed E-state index contributed by atoms with van der Waals surface area (Å²) < 4.78 is 1.74. The number of hydrogen-bond acceptors (Lipinski definition) is 5. The number of benzene rings is 1. The lowest BCUT2D eigenvalue weighted by molar-refractivity contribution is 0.102. The number of carbonyl (C=O) groups excluding carboxylic acids is 1. The summed E-state index contributed by atoms with van der Waals surface area (Å²) in [6.07, 6.45) is 7.27. The second kappa shape index (κ2) is 7.35. The summed E-state index contributed by atoms with van der Waals surface area (Å²) in [5, 5.41) is 7.09. The van der Waals surface area contributed by atoms with E-state index in [-0.39, 0.29) is 5.91 Å². The number of rotatable bonds is 5. The van der Waals surface area contributed by atoms with Crippen LogP contribution < -0.4 is 10.2 Å². The Bertz CT molecular complexity index is 869. The van der Waals surface area contributed by atoms with Gasteiger partial charge in [0.2, 0.25) is 0 Å². The third-order valence-corrected chi connectivity index (χ3v) is 4.47. The van der Waals surface area contributed by atoms with E-state index >= 15 is 0 Å². The van der Waals surface area contributed by atoms with Crippen molar-refractivity contribution in [2.24, 2.45) is 0 Å². The molecule has 0 radical (unpaired) electrons. The molecular weight excluding hydrogens is 328 g/mol. The number of carbonyl (C=O) groups is 1. The van der Waals surface area contributed by atoms with Gasteiger partial charge in [0.25, 0.3) is 5.91 Å². The Labute approximate surface area is 151 Å². The highest BCUT2D eigenvalue weighted by atomic mass is 16.1. The molecule has 4 rings (SSSR count). The van der Waals surface area contributed by atoms with E-state index in [0.717, 1.165) is 43.0 Å². The van der Waals surface area contributed by atoms with E-state index < -0.39 is 0 Å². The van der Waals surface area contributed by atoms with E-state index in [2.05, 4.69) is 25.3 Å². The van der Waals surface area contributed by atoms with E-state index in [0.29, 0.717) is 12.1 Å². The van der Waals surface area contributed by atoms with Crippen LogP contribution in [-0.4, -0.2) is 38.7 Å². The highest BCUT2D eigenvalue weighted by Gasteiger charge is 2.18. The highest BCUT2D eigenvalue weighted by molar-refractivity contribution is 6.05. The van der Waals surface area contributed by atoms with Gasteiger partial charge in [-0.1, -0.05) is 12.1 Å². The number of hydrogen-bond donors (Lipinski definition) is 1. The van der Waals surface area contributed by atoms with Crippen LogP contribution in [0.4, 0.5) is 11.5 Å². The predicted octanol–water partition coefficient (Wildman–Crippen LogP) is 2.57. The summed E-state index contributed by atoms with van der Waals surface area (Å²) in [5.41, 5.74) is 2.43. The lowest BCUT2D eigenvalue weighted by Crippen LogP contribution is -2.22. The molecule has 1 amide bonds. The van der Waals surface area contributed by atoms with E-state index in [1.54, 1.807) is 17.2 Å². The van der Waals surface area contributed by atoms with E-state index in [9.17, 15) is 4.79 Å². The fraction of sp³-hybridized carbons (Fsp3) is 0.263. The van der Waals surface area contributed by atoms with Crippen molar-refractivity contribution in [2.75, 3.05) is 23.3 Å². The minimum Gasteiger partial charge on any atom is -0.355 e. The lowest BCUT2D eigenvalue weighted by atomic mass is 10.1. The Kier molecular flexibility index (Phi) is 4.59. The Balaban J connectivity index is 1.46. The summed E-state index contributed by atoms with van der Waals surface area (Å²) in [4.78, 5) is 23.2. The molecule has 1 aliphatic heterocycles. The van der Waals surface area contributed by atoms with Crippen LogP contribution in [0.2, 0.25) is 0 Å². The zero-order valence-electron chi connectivity index (χ0n) is 14.4. The fourth-order valence-corrected chi connectivity index (χ4v) is 3.13. The maximum Gasteiger partial charge on any atom is 0.255 e. The Morgan fingerprint density at radius 2 is 1.92 bits per heavy atom. The van der Waals surface area contributed by atoms with Crippen LogP contribution in [0.5, 0.6) is 0 Å². The first-order valence-electron chi connectivity index (χ1n) is 8.72. The molecule has 1 aromatic carbocycles. The van der Waals surface area contributed by atoms with Crippen LogP contribution in [0.1, 0.15) is 28.8 Å². The van der Waals surface area contributed by atoms with Gasteiger partial charge >= 0.3 is 0 Å². The van der Waals surface area contributed by atoms with Crippen molar-refractivity contribution in [3.05, 3.63) is 66.4 Å². The summed E-state index contributed by atoms with van der Waals surface area (Å²) >= 11 is 0. The number of nitrogens with zero attached hydrogens (tertiary/aromatic N) is 5. The van der Waals surface area contributed by atoms with Crippen molar-refractivity contribution in [3.63, 3.8) is 0 Å². The van der Waals surface area contributed by atoms with Crippen LogP contribution in [0.3, 0.4) is 0 Å². The van der Waals surface area contributed by atoms with Crippen molar-refractivity contribution in [3.8, 4) is 0 Å². The fourth-order valence-electron chi connectivity index (χ4n) is 3.13. The molecule has 0 spiro atoms. The molecule has 1 saturated heterocycles. The summed E-state index contributed by atoms with van der Waals surface area (Å²) in [7, 11) is 0. The third-order valence-electron chi connectivity index (χ3n) is 4.47. The number of amides is 1. The van der Waals surface area contributed by atoms with Crippen molar-refractivity contribution < 1.29 is 4.79 Å². The Morgan fingerprint density at radius 1 is 1.12 bits per heavy atom. The first kappa shape index (κ1) is 16.3. The maximum absolute atomic E-state index is 12.6. The van der Waals surface area contributed by atoms with Gasteiger partial charge in [-0.25, -0.2) is 14.6 Å². The van der Waals surface area contributed by atoms with Crippen molar-refractivity contribution >= 4 is 17.4 Å². The van der Waals surface area contributed by atoms with E-state index in [1.165, 1.54) is 6.33 Å². The smallest absolute Gasteiger partial charge is 0.255 e. The SMILES string of the molecule is O=C(Nc1cccnc1N1CCCC1)c1ccc(Cn2cncn2)cc1.